The van der Waals surface area contributed by atoms with Crippen LogP contribution >= 0.6 is 23.1 Å². The van der Waals surface area contributed by atoms with Crippen molar-refractivity contribution in [1.29, 1.82) is 0 Å². The standard InChI is InChI=1S/C13H17NO2S2/c1-8(15)16-14-10-6-13(2,3)5-9-7-18-12(17-4)11(9)10/h7H,5-6H2,1-4H3/b14-10-. The number of carbonyl (C=O) groups excluding carboxylic acids is 1. The van der Waals surface area contributed by atoms with E-state index < -0.39 is 0 Å². The Hall–Kier alpha value is -0.810. The van der Waals surface area contributed by atoms with Crippen LogP contribution in [0.5, 0.6) is 0 Å². The highest BCUT2D eigenvalue weighted by molar-refractivity contribution is 8.00. The van der Waals surface area contributed by atoms with Crippen molar-refractivity contribution in [1.82, 2.24) is 0 Å². The summed E-state index contributed by atoms with van der Waals surface area (Å²) in [6.07, 6.45) is 3.96. The van der Waals surface area contributed by atoms with Crippen LogP contribution < -0.4 is 0 Å². The number of hydrogen-bond acceptors (Lipinski definition) is 5. The van der Waals surface area contributed by atoms with Gasteiger partial charge < -0.3 is 4.84 Å². The normalized spacial score (nSPS) is 19.7. The van der Waals surface area contributed by atoms with Crippen LogP contribution in [0, 0.1) is 5.41 Å². The summed E-state index contributed by atoms with van der Waals surface area (Å²) in [5.41, 5.74) is 3.59. The number of oxime groups is 1. The molecule has 0 aliphatic heterocycles. The molecule has 1 aliphatic carbocycles. The molecular weight excluding hydrogens is 266 g/mol. The van der Waals surface area contributed by atoms with Gasteiger partial charge in [-0.25, -0.2) is 4.79 Å². The summed E-state index contributed by atoms with van der Waals surface area (Å²) in [6, 6.07) is 0. The van der Waals surface area contributed by atoms with E-state index in [2.05, 4.69) is 30.6 Å². The molecule has 0 N–H and O–H groups in total. The molecule has 1 aromatic rings. The number of rotatable bonds is 2. The second-order valence-electron chi connectivity index (χ2n) is 5.27. The number of thiophene rings is 1. The first-order valence-electron chi connectivity index (χ1n) is 5.82. The van der Waals surface area contributed by atoms with Crippen molar-refractivity contribution in [2.45, 2.75) is 37.8 Å². The summed E-state index contributed by atoms with van der Waals surface area (Å²) in [4.78, 5) is 15.8. The number of fused-ring (bicyclic) bond motifs is 1. The fraction of sp³-hybridized carbons (Fsp3) is 0.538. The smallest absolute Gasteiger partial charge is 0.318 e. The van der Waals surface area contributed by atoms with E-state index in [1.807, 2.05) is 0 Å². The third-order valence-corrected chi connectivity index (χ3v) is 5.09. The largest absolute Gasteiger partial charge is 0.331 e. The van der Waals surface area contributed by atoms with Crippen molar-refractivity contribution < 1.29 is 9.63 Å². The Bertz CT molecular complexity index is 503. The molecule has 5 heteroatoms. The van der Waals surface area contributed by atoms with Gasteiger partial charge in [0.25, 0.3) is 0 Å². The molecule has 0 amide bonds. The lowest BCUT2D eigenvalue weighted by atomic mass is 9.75. The third kappa shape index (κ3) is 2.78. The van der Waals surface area contributed by atoms with E-state index in [1.54, 1.807) is 23.1 Å². The van der Waals surface area contributed by atoms with Gasteiger partial charge in [-0.15, -0.1) is 23.1 Å². The Labute approximate surface area is 116 Å². The highest BCUT2D eigenvalue weighted by Gasteiger charge is 2.32. The van der Waals surface area contributed by atoms with Crippen molar-refractivity contribution >= 4 is 34.8 Å². The predicted octanol–water partition coefficient (Wildman–Crippen LogP) is 3.71. The van der Waals surface area contributed by atoms with Crippen LogP contribution in [0.25, 0.3) is 0 Å². The minimum absolute atomic E-state index is 0.169. The van der Waals surface area contributed by atoms with Gasteiger partial charge in [0.1, 0.15) is 0 Å². The zero-order valence-electron chi connectivity index (χ0n) is 11.1. The minimum Gasteiger partial charge on any atom is -0.318 e. The molecule has 0 saturated heterocycles. The monoisotopic (exact) mass is 283 g/mol. The molecule has 0 bridgehead atoms. The van der Waals surface area contributed by atoms with Crippen LogP contribution in [0.15, 0.2) is 14.7 Å². The lowest BCUT2D eigenvalue weighted by molar-refractivity contribution is -0.140. The molecule has 98 valence electrons. The Morgan fingerprint density at radius 3 is 2.83 bits per heavy atom. The maximum atomic E-state index is 10.9. The molecule has 2 rings (SSSR count). The van der Waals surface area contributed by atoms with Crippen molar-refractivity contribution in [2.75, 3.05) is 6.26 Å². The molecule has 1 aliphatic rings. The van der Waals surface area contributed by atoms with Crippen LogP contribution in [0.1, 0.15) is 38.3 Å². The molecular formula is C13H17NO2S2. The molecule has 0 saturated carbocycles. The molecule has 0 aromatic carbocycles. The molecule has 1 heterocycles. The second-order valence-corrected chi connectivity index (χ2v) is 7.22. The highest BCUT2D eigenvalue weighted by Crippen LogP contribution is 2.42. The summed E-state index contributed by atoms with van der Waals surface area (Å²) in [5, 5.41) is 6.26. The van der Waals surface area contributed by atoms with Gasteiger partial charge in [0, 0.05) is 12.5 Å². The van der Waals surface area contributed by atoms with Crippen LogP contribution in [-0.2, 0) is 16.1 Å². The molecule has 1 aromatic heterocycles. The minimum atomic E-state index is -0.367. The van der Waals surface area contributed by atoms with E-state index in [-0.39, 0.29) is 11.4 Å². The quantitative estimate of drug-likeness (QED) is 0.472. The van der Waals surface area contributed by atoms with Gasteiger partial charge in [0.05, 0.1) is 9.92 Å². The Morgan fingerprint density at radius 1 is 1.50 bits per heavy atom. The Balaban J connectivity index is 2.43. The van der Waals surface area contributed by atoms with Crippen LogP contribution in [0.3, 0.4) is 0 Å². The first-order chi connectivity index (χ1) is 8.43. The molecule has 0 atom stereocenters. The predicted molar refractivity (Wildman–Crippen MR) is 76.5 cm³/mol. The SMILES string of the molecule is CSc1scc2c1/C(=N\OC(C)=O)CC(C)(C)C2. The maximum Gasteiger partial charge on any atom is 0.331 e. The first-order valence-corrected chi connectivity index (χ1v) is 7.92. The Kier molecular flexibility index (Phi) is 3.82. The zero-order chi connectivity index (χ0) is 13.3. The average Bonchev–Trinajstić information content (AvgIpc) is 2.66. The highest BCUT2D eigenvalue weighted by atomic mass is 32.2. The zero-order valence-corrected chi connectivity index (χ0v) is 12.7. The summed E-state index contributed by atoms with van der Waals surface area (Å²) in [7, 11) is 0. The van der Waals surface area contributed by atoms with Crippen LogP contribution in [0.4, 0.5) is 0 Å². The summed E-state index contributed by atoms with van der Waals surface area (Å²) < 4.78 is 1.26. The molecule has 0 fully saturated rings. The number of thioether (sulfide) groups is 1. The fourth-order valence-electron chi connectivity index (χ4n) is 2.27. The molecule has 0 radical (unpaired) electrons. The van der Waals surface area contributed by atoms with Crippen molar-refractivity contribution in [2.24, 2.45) is 10.6 Å². The van der Waals surface area contributed by atoms with Gasteiger partial charge in [-0.05, 0) is 35.5 Å². The van der Waals surface area contributed by atoms with E-state index in [1.165, 1.54) is 22.3 Å². The summed E-state index contributed by atoms with van der Waals surface area (Å²) >= 11 is 3.47. The van der Waals surface area contributed by atoms with Gasteiger partial charge in [0.15, 0.2) is 0 Å². The topological polar surface area (TPSA) is 38.7 Å². The molecule has 0 unspecified atom stereocenters. The average molecular weight is 283 g/mol. The van der Waals surface area contributed by atoms with Gasteiger partial charge in [-0.1, -0.05) is 19.0 Å². The number of nitrogens with zero attached hydrogens (tertiary/aromatic N) is 1. The van der Waals surface area contributed by atoms with Crippen molar-refractivity contribution in [3.05, 3.63) is 16.5 Å². The van der Waals surface area contributed by atoms with Gasteiger partial charge >= 0.3 is 5.97 Å². The van der Waals surface area contributed by atoms with Crippen LogP contribution in [0.2, 0.25) is 0 Å². The number of hydrogen-bond donors (Lipinski definition) is 0. The lowest BCUT2D eigenvalue weighted by Crippen LogP contribution is -2.27. The Morgan fingerprint density at radius 2 is 2.22 bits per heavy atom. The van der Waals surface area contributed by atoms with E-state index in [0.29, 0.717) is 0 Å². The number of carbonyl (C=O) groups is 1. The molecule has 3 nitrogen and oxygen atoms in total. The van der Waals surface area contributed by atoms with E-state index in [4.69, 9.17) is 4.84 Å². The van der Waals surface area contributed by atoms with Crippen molar-refractivity contribution in [3.63, 3.8) is 0 Å². The van der Waals surface area contributed by atoms with E-state index in [0.717, 1.165) is 18.6 Å². The fourth-order valence-corrected chi connectivity index (χ4v) is 4.07. The van der Waals surface area contributed by atoms with Gasteiger partial charge in [-0.3, -0.25) is 0 Å². The van der Waals surface area contributed by atoms with Crippen LogP contribution in [-0.4, -0.2) is 17.9 Å². The van der Waals surface area contributed by atoms with Crippen molar-refractivity contribution in [3.8, 4) is 0 Å². The second kappa shape index (κ2) is 5.05. The molecule has 18 heavy (non-hydrogen) atoms. The third-order valence-electron chi connectivity index (χ3n) is 2.91. The lowest BCUT2D eigenvalue weighted by Gasteiger charge is -2.30. The molecule has 0 spiro atoms. The summed E-state index contributed by atoms with van der Waals surface area (Å²) in [5.74, 6) is -0.367. The van der Waals surface area contributed by atoms with Gasteiger partial charge in [0.2, 0.25) is 0 Å². The van der Waals surface area contributed by atoms with E-state index >= 15 is 0 Å². The summed E-state index contributed by atoms with van der Waals surface area (Å²) in [6.45, 7) is 5.81. The maximum absolute atomic E-state index is 10.9. The van der Waals surface area contributed by atoms with E-state index in [9.17, 15) is 4.79 Å². The van der Waals surface area contributed by atoms with Gasteiger partial charge in [-0.2, -0.15) is 0 Å². The first kappa shape index (κ1) is 13.6.